The summed E-state index contributed by atoms with van der Waals surface area (Å²) in [5, 5.41) is 0. The Bertz CT molecular complexity index is 2110. The summed E-state index contributed by atoms with van der Waals surface area (Å²) in [6.45, 7) is 7.59. The maximum absolute atomic E-state index is 14.4. The van der Waals surface area contributed by atoms with Crippen molar-refractivity contribution in [2.75, 3.05) is 0 Å². The lowest BCUT2D eigenvalue weighted by atomic mass is 10.1. The zero-order valence-electron chi connectivity index (χ0n) is 30.7. The van der Waals surface area contributed by atoms with Crippen LogP contribution in [0.1, 0.15) is 66.7 Å². The van der Waals surface area contributed by atoms with Crippen molar-refractivity contribution < 1.29 is 51.6 Å². The Morgan fingerprint density at radius 2 is 1.45 bits per heavy atom. The Hall–Kier alpha value is -5.75. The second-order valence-corrected chi connectivity index (χ2v) is 12.5. The highest BCUT2D eigenvalue weighted by molar-refractivity contribution is 5.79. The Labute approximate surface area is 320 Å². The van der Waals surface area contributed by atoms with Gasteiger partial charge in [0.15, 0.2) is 41.8 Å². The van der Waals surface area contributed by atoms with E-state index in [0.29, 0.717) is 30.8 Å². The molecule has 0 radical (unpaired) electrons. The minimum Gasteiger partial charge on any atom is -0.471 e. The van der Waals surface area contributed by atoms with Gasteiger partial charge < -0.3 is 38.4 Å². The summed E-state index contributed by atoms with van der Waals surface area (Å²) < 4.78 is 60.8. The average Bonchev–Trinajstić information content (AvgIpc) is 3.95. The summed E-state index contributed by atoms with van der Waals surface area (Å²) in [4.78, 5) is 62.5. The molecule has 5 aromatic rings. The molecule has 2 N–H and O–H groups in total. The number of H-pyrrole nitrogens is 2. The molecule has 2 unspecified atom stereocenters. The number of imidazole rings is 2. The van der Waals surface area contributed by atoms with Gasteiger partial charge in [-0.05, 0) is 30.5 Å². The molecule has 1 aromatic carbocycles. The molecular formula is C38H46F2N6O10. The molecule has 302 valence electrons. The fraction of sp³-hybridized carbons (Fsp3) is 0.447. The van der Waals surface area contributed by atoms with Crippen molar-refractivity contribution in [3.05, 3.63) is 83.4 Å². The Morgan fingerprint density at radius 1 is 0.804 bits per heavy atom. The SMILES string of the molecule is C.CC[C@H]1OC(OC(C)=O)[C@H](OC(C)=O)[C@H]1F.CC[C@H]1OC(n2cnc3c(=O)[nH]ccc32)[C@H](OC(C)=O)[C@H]1F.c1ccc(COc2nccc3[nH]cnc23)cc1. The van der Waals surface area contributed by atoms with Crippen molar-refractivity contribution in [3.63, 3.8) is 0 Å². The van der Waals surface area contributed by atoms with E-state index in [2.05, 4.69) is 24.9 Å². The number of nitrogens with one attached hydrogen (secondary N) is 2. The van der Waals surface area contributed by atoms with E-state index in [-0.39, 0.29) is 18.5 Å². The predicted molar refractivity (Wildman–Crippen MR) is 198 cm³/mol. The van der Waals surface area contributed by atoms with Crippen molar-refractivity contribution in [2.45, 2.75) is 111 Å². The number of ether oxygens (including phenoxy) is 6. The van der Waals surface area contributed by atoms with E-state index in [1.165, 1.54) is 30.9 Å². The van der Waals surface area contributed by atoms with Crippen molar-refractivity contribution in [2.24, 2.45) is 0 Å². The van der Waals surface area contributed by atoms with Crippen LogP contribution < -0.4 is 10.3 Å². The number of fused-ring (bicyclic) bond motifs is 2. The van der Waals surface area contributed by atoms with Gasteiger partial charge in [-0.15, -0.1) is 0 Å². The van der Waals surface area contributed by atoms with E-state index in [1.54, 1.807) is 32.4 Å². The van der Waals surface area contributed by atoms with E-state index in [1.807, 2.05) is 36.4 Å². The lowest BCUT2D eigenvalue weighted by Crippen LogP contribution is -2.36. The number of benzene rings is 1. The second kappa shape index (κ2) is 19.7. The van der Waals surface area contributed by atoms with Crippen LogP contribution in [0.2, 0.25) is 0 Å². The number of esters is 3. The predicted octanol–water partition coefficient (Wildman–Crippen LogP) is 5.43. The number of carbonyl (C=O) groups is 3. The van der Waals surface area contributed by atoms with Gasteiger partial charge in [0.05, 0.1) is 35.9 Å². The first kappa shape index (κ1) is 43.0. The zero-order chi connectivity index (χ0) is 39.6. The van der Waals surface area contributed by atoms with Gasteiger partial charge >= 0.3 is 17.9 Å². The molecule has 56 heavy (non-hydrogen) atoms. The highest BCUT2D eigenvalue weighted by Crippen LogP contribution is 2.36. The van der Waals surface area contributed by atoms with Crippen LogP contribution >= 0.6 is 0 Å². The first-order chi connectivity index (χ1) is 26.4. The molecule has 2 aliphatic heterocycles. The molecule has 0 aliphatic carbocycles. The summed E-state index contributed by atoms with van der Waals surface area (Å²) in [6, 6.07) is 13.5. The molecule has 0 saturated carbocycles. The fourth-order valence-electron chi connectivity index (χ4n) is 5.99. The maximum atomic E-state index is 14.4. The van der Waals surface area contributed by atoms with E-state index in [9.17, 15) is 28.0 Å². The molecule has 0 amide bonds. The number of halogens is 2. The van der Waals surface area contributed by atoms with Crippen LogP contribution in [0.15, 0.2) is 72.3 Å². The third-order valence-electron chi connectivity index (χ3n) is 8.50. The zero-order valence-corrected chi connectivity index (χ0v) is 30.7. The molecule has 7 rings (SSSR count). The van der Waals surface area contributed by atoms with E-state index in [0.717, 1.165) is 23.5 Å². The molecule has 0 bridgehead atoms. The summed E-state index contributed by atoms with van der Waals surface area (Å²) in [5.74, 6) is -1.26. The smallest absolute Gasteiger partial charge is 0.305 e. The topological polar surface area (TPSA) is 199 Å². The number of hydrogen-bond donors (Lipinski definition) is 2. The van der Waals surface area contributed by atoms with E-state index >= 15 is 0 Å². The Balaban J connectivity index is 0.000000188. The van der Waals surface area contributed by atoms with Gasteiger partial charge in [0, 0.05) is 33.2 Å². The first-order valence-electron chi connectivity index (χ1n) is 17.5. The number of nitrogens with zero attached hydrogens (tertiary/aromatic N) is 4. The third-order valence-corrected chi connectivity index (χ3v) is 8.50. The standard InChI is InChI=1S/C14H16FN3O4.C13H11N3O.C10H15FO5.CH4/c1-3-9-10(15)12(21-7(2)19)14(22-9)18-6-17-11-8(18)4-5-16-13(11)20;1-2-4-10(5-3-1)8-17-13-12-11(6-7-14-13)15-9-16-12;1-4-7-8(11)9(14-5(2)12)10(16-7)15-6(3)13;/h4-6,9-10,12,14H,3H2,1-2H3,(H,16,20);1-7,9H,8H2,(H,15,16);7-10H,4H2,1-3H3;1H4/t9-,10+,12-,14?;;7-,8+,9-,10?;/m1.1./s1. The largest absolute Gasteiger partial charge is 0.471 e. The minimum absolute atomic E-state index is 0. The van der Waals surface area contributed by atoms with Gasteiger partial charge in [0.1, 0.15) is 6.61 Å². The van der Waals surface area contributed by atoms with Crippen molar-refractivity contribution in [1.29, 1.82) is 0 Å². The van der Waals surface area contributed by atoms with Gasteiger partial charge in [-0.3, -0.25) is 23.7 Å². The molecular weight excluding hydrogens is 738 g/mol. The van der Waals surface area contributed by atoms with Crippen LogP contribution in [-0.4, -0.2) is 90.4 Å². The van der Waals surface area contributed by atoms with Gasteiger partial charge in [-0.1, -0.05) is 51.6 Å². The van der Waals surface area contributed by atoms with Crippen LogP contribution in [0, 0.1) is 0 Å². The maximum Gasteiger partial charge on any atom is 0.305 e. The minimum atomic E-state index is -1.47. The lowest BCUT2D eigenvalue weighted by Gasteiger charge is -2.20. The van der Waals surface area contributed by atoms with E-state index in [4.69, 9.17) is 28.4 Å². The summed E-state index contributed by atoms with van der Waals surface area (Å²) in [6.07, 6.45) is -1.46. The Morgan fingerprint density at radius 3 is 2.11 bits per heavy atom. The van der Waals surface area contributed by atoms with Crippen LogP contribution in [0.3, 0.4) is 0 Å². The molecule has 2 aliphatic rings. The third kappa shape index (κ3) is 10.3. The number of aromatic amines is 2. The number of aromatic nitrogens is 6. The first-order valence-corrected chi connectivity index (χ1v) is 17.5. The lowest BCUT2D eigenvalue weighted by molar-refractivity contribution is -0.194. The number of rotatable bonds is 9. The summed E-state index contributed by atoms with van der Waals surface area (Å²) >= 11 is 0. The van der Waals surface area contributed by atoms with Crippen LogP contribution in [-0.2, 0) is 44.7 Å². The normalized spacial score (nSPS) is 23.8. The number of carbonyl (C=O) groups excluding carboxylic acids is 3. The molecule has 6 heterocycles. The highest BCUT2D eigenvalue weighted by atomic mass is 19.1. The summed E-state index contributed by atoms with van der Waals surface area (Å²) in [7, 11) is 0. The van der Waals surface area contributed by atoms with Gasteiger partial charge in [0.25, 0.3) is 5.56 Å². The van der Waals surface area contributed by atoms with Crippen LogP contribution in [0.25, 0.3) is 22.1 Å². The Kier molecular flexibility index (Phi) is 15.1. The molecule has 16 nitrogen and oxygen atoms in total. The number of hydrogen-bond acceptors (Lipinski definition) is 13. The van der Waals surface area contributed by atoms with E-state index < -0.39 is 67.2 Å². The monoisotopic (exact) mass is 784 g/mol. The second-order valence-electron chi connectivity index (χ2n) is 12.5. The molecule has 0 spiro atoms. The highest BCUT2D eigenvalue weighted by Gasteiger charge is 2.49. The van der Waals surface area contributed by atoms with Gasteiger partial charge in [-0.2, -0.15) is 0 Å². The molecule has 18 heteroatoms. The quantitative estimate of drug-likeness (QED) is 0.142. The summed E-state index contributed by atoms with van der Waals surface area (Å²) in [5.41, 5.74) is 3.19. The van der Waals surface area contributed by atoms with Crippen LogP contribution in [0.4, 0.5) is 8.78 Å². The van der Waals surface area contributed by atoms with Crippen molar-refractivity contribution in [1.82, 2.24) is 29.5 Å². The van der Waals surface area contributed by atoms with Gasteiger partial charge in [-0.25, -0.2) is 23.7 Å². The fourth-order valence-corrected chi connectivity index (χ4v) is 5.99. The molecule has 4 aromatic heterocycles. The number of pyridine rings is 2. The van der Waals surface area contributed by atoms with Gasteiger partial charge in [0.2, 0.25) is 12.2 Å². The van der Waals surface area contributed by atoms with Crippen molar-refractivity contribution >= 4 is 40.0 Å². The molecule has 2 saturated heterocycles. The van der Waals surface area contributed by atoms with Crippen molar-refractivity contribution in [3.8, 4) is 5.88 Å². The molecule has 8 atom stereocenters. The van der Waals surface area contributed by atoms with Crippen LogP contribution in [0.5, 0.6) is 5.88 Å². The average molecular weight is 785 g/mol. The number of alkyl halides is 2. The molecule has 2 fully saturated rings.